The molecule has 2 saturated heterocycles. The maximum atomic E-state index is 11.9. The van der Waals surface area contributed by atoms with Gasteiger partial charge in [-0.2, -0.15) is 0 Å². The van der Waals surface area contributed by atoms with Gasteiger partial charge < -0.3 is 14.5 Å². The number of amides is 2. The first-order valence-electron chi connectivity index (χ1n) is 7.69. The van der Waals surface area contributed by atoms with Crippen molar-refractivity contribution < 1.29 is 22.7 Å². The smallest absolute Gasteiger partial charge is 0.410 e. The predicted molar refractivity (Wildman–Crippen MR) is 84.0 cm³/mol. The van der Waals surface area contributed by atoms with Crippen LogP contribution in [0.15, 0.2) is 0 Å². The predicted octanol–water partition coefficient (Wildman–Crippen LogP) is -0.00970. The molecule has 2 N–H and O–H groups in total. The van der Waals surface area contributed by atoms with E-state index in [0.29, 0.717) is 26.2 Å². The number of hydrogen-bond donors (Lipinski definition) is 1. The standard InChI is InChI=1S/C14H25N3O5S/c1-14(2,3)22-13(19)17-7-11(8-17)6-16-5-10(4-12(16)18)9-23(15,20)21/h10-11H,4-9H2,1-3H3,(H2,15,20,21). The van der Waals surface area contributed by atoms with Crippen molar-refractivity contribution in [2.24, 2.45) is 17.0 Å². The molecule has 0 saturated carbocycles. The van der Waals surface area contributed by atoms with Crippen molar-refractivity contribution in [2.75, 3.05) is 31.9 Å². The van der Waals surface area contributed by atoms with Crippen molar-refractivity contribution in [3.8, 4) is 0 Å². The van der Waals surface area contributed by atoms with Crippen molar-refractivity contribution in [1.29, 1.82) is 0 Å². The number of nitrogens with zero attached hydrogens (tertiary/aromatic N) is 2. The van der Waals surface area contributed by atoms with Crippen LogP contribution in [-0.2, 0) is 19.6 Å². The van der Waals surface area contributed by atoms with Gasteiger partial charge in [0.05, 0.1) is 5.75 Å². The number of carbonyl (C=O) groups excluding carboxylic acids is 2. The lowest BCUT2D eigenvalue weighted by Crippen LogP contribution is -2.55. The molecule has 2 rings (SSSR count). The van der Waals surface area contributed by atoms with Crippen LogP contribution >= 0.6 is 0 Å². The number of rotatable bonds is 4. The van der Waals surface area contributed by atoms with Crippen molar-refractivity contribution in [3.05, 3.63) is 0 Å². The van der Waals surface area contributed by atoms with Gasteiger partial charge in [-0.25, -0.2) is 18.4 Å². The Hall–Kier alpha value is -1.35. The van der Waals surface area contributed by atoms with E-state index in [-0.39, 0.29) is 36.0 Å². The minimum absolute atomic E-state index is 0.0469. The van der Waals surface area contributed by atoms with Crippen LogP contribution in [0.5, 0.6) is 0 Å². The molecule has 0 aliphatic carbocycles. The highest BCUT2D eigenvalue weighted by molar-refractivity contribution is 7.89. The molecule has 9 heteroatoms. The molecule has 0 spiro atoms. The molecule has 23 heavy (non-hydrogen) atoms. The second-order valence-corrected chi connectivity index (χ2v) is 9.11. The maximum Gasteiger partial charge on any atom is 0.410 e. The minimum Gasteiger partial charge on any atom is -0.444 e. The van der Waals surface area contributed by atoms with E-state index in [9.17, 15) is 18.0 Å². The Bertz CT molecular complexity index is 578. The molecule has 0 aromatic heterocycles. The summed E-state index contributed by atoms with van der Waals surface area (Å²) in [6, 6.07) is 0. The van der Waals surface area contributed by atoms with Gasteiger partial charge >= 0.3 is 6.09 Å². The second-order valence-electron chi connectivity index (χ2n) is 7.45. The third-order valence-electron chi connectivity index (χ3n) is 3.85. The molecule has 2 aliphatic heterocycles. The topological polar surface area (TPSA) is 110 Å². The van der Waals surface area contributed by atoms with Crippen molar-refractivity contribution in [3.63, 3.8) is 0 Å². The monoisotopic (exact) mass is 347 g/mol. The second kappa shape index (κ2) is 6.27. The van der Waals surface area contributed by atoms with Gasteiger partial charge in [-0.3, -0.25) is 4.79 Å². The average Bonchev–Trinajstić information content (AvgIpc) is 2.57. The highest BCUT2D eigenvalue weighted by atomic mass is 32.2. The molecule has 0 radical (unpaired) electrons. The van der Waals surface area contributed by atoms with E-state index in [2.05, 4.69) is 0 Å². The number of sulfonamides is 1. The Balaban J connectivity index is 1.76. The molecular formula is C14H25N3O5S. The third kappa shape index (κ3) is 5.35. The number of primary sulfonamides is 1. The van der Waals surface area contributed by atoms with Gasteiger partial charge in [0.15, 0.2) is 0 Å². The van der Waals surface area contributed by atoms with Crippen molar-refractivity contribution in [1.82, 2.24) is 9.80 Å². The highest BCUT2D eigenvalue weighted by Crippen LogP contribution is 2.24. The first-order chi connectivity index (χ1) is 10.4. The first-order valence-corrected chi connectivity index (χ1v) is 9.40. The van der Waals surface area contributed by atoms with Gasteiger partial charge in [-0.1, -0.05) is 0 Å². The van der Waals surface area contributed by atoms with E-state index < -0.39 is 15.6 Å². The fourth-order valence-electron chi connectivity index (χ4n) is 2.94. The fraction of sp³-hybridized carbons (Fsp3) is 0.857. The Morgan fingerprint density at radius 1 is 1.26 bits per heavy atom. The lowest BCUT2D eigenvalue weighted by molar-refractivity contribution is -0.128. The van der Waals surface area contributed by atoms with Crippen LogP contribution in [0.1, 0.15) is 27.2 Å². The van der Waals surface area contributed by atoms with E-state index in [1.54, 1.807) is 9.80 Å². The molecule has 2 amide bonds. The SMILES string of the molecule is CC(C)(C)OC(=O)N1CC(CN2CC(CS(N)(=O)=O)CC2=O)C1. The van der Waals surface area contributed by atoms with E-state index in [1.165, 1.54) is 0 Å². The summed E-state index contributed by atoms with van der Waals surface area (Å²) in [6.45, 7) is 7.51. The Morgan fingerprint density at radius 2 is 1.87 bits per heavy atom. The van der Waals surface area contributed by atoms with Gasteiger partial charge in [0.1, 0.15) is 5.60 Å². The fourth-order valence-corrected chi connectivity index (χ4v) is 3.82. The molecule has 2 aliphatic rings. The number of carbonyl (C=O) groups is 2. The molecule has 0 aromatic carbocycles. The van der Waals surface area contributed by atoms with Gasteiger partial charge in [0.25, 0.3) is 0 Å². The summed E-state index contributed by atoms with van der Waals surface area (Å²) >= 11 is 0. The van der Waals surface area contributed by atoms with Gasteiger partial charge in [0.2, 0.25) is 15.9 Å². The van der Waals surface area contributed by atoms with Crippen LogP contribution in [0.3, 0.4) is 0 Å². The van der Waals surface area contributed by atoms with Crippen LogP contribution in [-0.4, -0.2) is 67.8 Å². The van der Waals surface area contributed by atoms with Crippen LogP contribution in [0.2, 0.25) is 0 Å². The number of nitrogens with two attached hydrogens (primary N) is 1. The van der Waals surface area contributed by atoms with Gasteiger partial charge in [-0.05, 0) is 20.8 Å². The average molecular weight is 347 g/mol. The van der Waals surface area contributed by atoms with Crippen LogP contribution in [0.25, 0.3) is 0 Å². The Kier molecular flexibility index (Phi) is 4.91. The normalized spacial score (nSPS) is 23.1. The largest absolute Gasteiger partial charge is 0.444 e. The molecular weight excluding hydrogens is 322 g/mol. The van der Waals surface area contributed by atoms with E-state index >= 15 is 0 Å². The van der Waals surface area contributed by atoms with Gasteiger partial charge in [0, 0.05) is 44.4 Å². The lowest BCUT2D eigenvalue weighted by atomic mass is 10.0. The van der Waals surface area contributed by atoms with Gasteiger partial charge in [-0.15, -0.1) is 0 Å². The van der Waals surface area contributed by atoms with Crippen LogP contribution in [0.4, 0.5) is 4.79 Å². The molecule has 8 nitrogen and oxygen atoms in total. The minimum atomic E-state index is -3.56. The summed E-state index contributed by atoms with van der Waals surface area (Å²) in [7, 11) is -3.56. The molecule has 1 unspecified atom stereocenters. The lowest BCUT2D eigenvalue weighted by Gasteiger charge is -2.41. The third-order valence-corrected chi connectivity index (χ3v) is 4.79. The van der Waals surface area contributed by atoms with Crippen molar-refractivity contribution >= 4 is 22.0 Å². The van der Waals surface area contributed by atoms with Crippen molar-refractivity contribution in [2.45, 2.75) is 32.8 Å². The van der Waals surface area contributed by atoms with Crippen LogP contribution in [0, 0.1) is 11.8 Å². The summed E-state index contributed by atoms with van der Waals surface area (Å²) in [5.41, 5.74) is -0.520. The summed E-state index contributed by atoms with van der Waals surface area (Å²) in [6.07, 6.45) is -0.118. The molecule has 1 atom stereocenters. The summed E-state index contributed by atoms with van der Waals surface area (Å²) in [5, 5.41) is 5.03. The zero-order valence-corrected chi connectivity index (χ0v) is 14.6. The number of ether oxygens (including phenoxy) is 1. The summed E-state index contributed by atoms with van der Waals surface area (Å²) in [4.78, 5) is 27.1. The Labute approximate surface area is 137 Å². The summed E-state index contributed by atoms with van der Waals surface area (Å²) < 4.78 is 27.5. The quantitative estimate of drug-likeness (QED) is 0.769. The first kappa shape index (κ1) is 18.0. The number of hydrogen-bond acceptors (Lipinski definition) is 5. The van der Waals surface area contributed by atoms with E-state index in [4.69, 9.17) is 9.88 Å². The Morgan fingerprint density at radius 3 is 2.39 bits per heavy atom. The molecule has 2 heterocycles. The zero-order chi connectivity index (χ0) is 17.4. The summed E-state index contributed by atoms with van der Waals surface area (Å²) in [5.74, 6) is -0.238. The molecule has 132 valence electrons. The maximum absolute atomic E-state index is 11.9. The molecule has 2 fully saturated rings. The zero-order valence-electron chi connectivity index (χ0n) is 13.8. The van der Waals surface area contributed by atoms with Crippen LogP contribution < -0.4 is 5.14 Å². The van der Waals surface area contributed by atoms with E-state index in [0.717, 1.165) is 0 Å². The van der Waals surface area contributed by atoms with E-state index in [1.807, 2.05) is 20.8 Å². The molecule has 0 bridgehead atoms. The molecule has 0 aromatic rings. The highest BCUT2D eigenvalue weighted by Gasteiger charge is 2.38. The number of likely N-dealkylation sites (tertiary alicyclic amines) is 2.